The van der Waals surface area contributed by atoms with Crippen molar-refractivity contribution in [3.8, 4) is 0 Å². The topological polar surface area (TPSA) is 46.6 Å². The van der Waals surface area contributed by atoms with E-state index in [0.29, 0.717) is 35.2 Å². The van der Waals surface area contributed by atoms with Gasteiger partial charge in [-0.3, -0.25) is 4.79 Å². The van der Waals surface area contributed by atoms with Crippen LogP contribution in [0.1, 0.15) is 21.9 Å². The van der Waals surface area contributed by atoms with Crippen molar-refractivity contribution < 1.29 is 13.6 Å². The average Bonchev–Trinajstić information content (AvgIpc) is 3.20. The number of hydrogen-bond donors (Lipinski definition) is 0. The van der Waals surface area contributed by atoms with Gasteiger partial charge >= 0.3 is 0 Å². The number of carbonyl (C=O) groups is 1. The lowest BCUT2D eigenvalue weighted by molar-refractivity contribution is 0.0705. The maximum Gasteiger partial charge on any atom is 0.254 e. The summed E-state index contributed by atoms with van der Waals surface area (Å²) in [6.45, 7) is 0.740. The molecule has 0 radical (unpaired) electrons. The third-order valence-corrected chi connectivity index (χ3v) is 3.48. The summed E-state index contributed by atoms with van der Waals surface area (Å²) in [5.74, 6) is 1.33. The molecule has 3 rings (SSSR count). The number of benzene rings is 1. The minimum absolute atomic E-state index is 0.107. The molecule has 0 N–H and O–H groups in total. The largest absolute Gasteiger partial charge is 0.467 e. The van der Waals surface area contributed by atoms with Crippen molar-refractivity contribution in [3.63, 3.8) is 0 Å². The van der Waals surface area contributed by atoms with Crippen molar-refractivity contribution in [1.82, 2.24) is 4.90 Å². The van der Waals surface area contributed by atoms with Crippen LogP contribution in [0.2, 0.25) is 5.02 Å². The van der Waals surface area contributed by atoms with Gasteiger partial charge in [-0.05, 0) is 48.5 Å². The van der Waals surface area contributed by atoms with E-state index in [4.69, 9.17) is 20.4 Å². The highest BCUT2D eigenvalue weighted by Gasteiger charge is 2.18. The summed E-state index contributed by atoms with van der Waals surface area (Å²) >= 11 is 5.87. The minimum atomic E-state index is -0.107. The Morgan fingerprint density at radius 1 is 0.909 bits per heavy atom. The minimum Gasteiger partial charge on any atom is -0.467 e. The van der Waals surface area contributed by atoms with Crippen LogP contribution in [0.15, 0.2) is 69.9 Å². The molecule has 22 heavy (non-hydrogen) atoms. The number of carbonyl (C=O) groups excluding carboxylic acids is 1. The van der Waals surface area contributed by atoms with E-state index in [1.54, 1.807) is 53.8 Å². The standard InChI is InChI=1S/C17H14ClNO3/c18-14-7-5-13(6-8-14)17(20)19(11-15-3-1-9-21-15)12-16-4-2-10-22-16/h1-10H,11-12H2. The molecule has 0 aliphatic rings. The third kappa shape index (κ3) is 3.40. The molecule has 0 spiro atoms. The van der Waals surface area contributed by atoms with E-state index >= 15 is 0 Å². The van der Waals surface area contributed by atoms with Gasteiger partial charge in [-0.15, -0.1) is 0 Å². The molecule has 0 atom stereocenters. The number of hydrogen-bond acceptors (Lipinski definition) is 3. The fourth-order valence-electron chi connectivity index (χ4n) is 2.16. The smallest absolute Gasteiger partial charge is 0.254 e. The number of halogens is 1. The van der Waals surface area contributed by atoms with Crippen molar-refractivity contribution in [2.75, 3.05) is 0 Å². The number of nitrogens with zero attached hydrogens (tertiary/aromatic N) is 1. The lowest BCUT2D eigenvalue weighted by atomic mass is 10.2. The van der Waals surface area contributed by atoms with Crippen LogP contribution in [0.4, 0.5) is 0 Å². The van der Waals surface area contributed by atoms with Crippen molar-refractivity contribution in [2.24, 2.45) is 0 Å². The van der Waals surface area contributed by atoms with Gasteiger partial charge in [0.05, 0.1) is 25.6 Å². The molecule has 0 fully saturated rings. The van der Waals surface area contributed by atoms with Crippen molar-refractivity contribution in [1.29, 1.82) is 0 Å². The first-order valence-electron chi connectivity index (χ1n) is 6.82. The van der Waals surface area contributed by atoms with Gasteiger partial charge < -0.3 is 13.7 Å². The molecule has 1 aromatic carbocycles. The van der Waals surface area contributed by atoms with E-state index in [1.165, 1.54) is 0 Å². The predicted octanol–water partition coefficient (Wildman–Crippen LogP) is 4.37. The monoisotopic (exact) mass is 315 g/mol. The fourth-order valence-corrected chi connectivity index (χ4v) is 2.28. The van der Waals surface area contributed by atoms with Crippen molar-refractivity contribution in [2.45, 2.75) is 13.1 Å². The summed E-state index contributed by atoms with van der Waals surface area (Å²) in [6.07, 6.45) is 3.18. The predicted molar refractivity (Wildman–Crippen MR) is 82.4 cm³/mol. The number of rotatable bonds is 5. The third-order valence-electron chi connectivity index (χ3n) is 3.23. The Morgan fingerprint density at radius 2 is 1.45 bits per heavy atom. The molecule has 5 heteroatoms. The lowest BCUT2D eigenvalue weighted by Crippen LogP contribution is -2.29. The van der Waals surface area contributed by atoms with Gasteiger partial charge in [-0.1, -0.05) is 11.6 Å². The van der Waals surface area contributed by atoms with Crippen LogP contribution in [-0.2, 0) is 13.1 Å². The molecule has 4 nitrogen and oxygen atoms in total. The maximum absolute atomic E-state index is 12.7. The quantitative estimate of drug-likeness (QED) is 0.702. The number of amides is 1. The second kappa shape index (κ2) is 6.54. The molecular formula is C17H14ClNO3. The van der Waals surface area contributed by atoms with Gasteiger partial charge in [0, 0.05) is 10.6 Å². The summed E-state index contributed by atoms with van der Waals surface area (Å²) < 4.78 is 10.7. The molecule has 0 saturated heterocycles. The van der Waals surface area contributed by atoms with Crippen LogP contribution in [0.3, 0.4) is 0 Å². The molecule has 0 bridgehead atoms. The van der Waals surface area contributed by atoms with Crippen molar-refractivity contribution >= 4 is 17.5 Å². The summed E-state index contributed by atoms with van der Waals surface area (Å²) in [6, 6.07) is 14.1. The SMILES string of the molecule is O=C(c1ccc(Cl)cc1)N(Cc1ccco1)Cc1ccco1. The van der Waals surface area contributed by atoms with Crippen LogP contribution in [0.25, 0.3) is 0 Å². The molecular weight excluding hydrogens is 302 g/mol. The molecule has 2 heterocycles. The van der Waals surface area contributed by atoms with Crippen LogP contribution < -0.4 is 0 Å². The number of furan rings is 2. The zero-order valence-corrected chi connectivity index (χ0v) is 12.5. The second-order valence-corrected chi connectivity index (χ2v) is 5.26. The van der Waals surface area contributed by atoms with Crippen LogP contribution in [-0.4, -0.2) is 10.8 Å². The first-order chi connectivity index (χ1) is 10.7. The van der Waals surface area contributed by atoms with Gasteiger partial charge in [-0.25, -0.2) is 0 Å². The first-order valence-corrected chi connectivity index (χ1v) is 7.20. The zero-order chi connectivity index (χ0) is 15.4. The van der Waals surface area contributed by atoms with Crippen LogP contribution in [0.5, 0.6) is 0 Å². The molecule has 0 saturated carbocycles. The van der Waals surface area contributed by atoms with Crippen LogP contribution >= 0.6 is 11.6 Å². The van der Waals surface area contributed by atoms with E-state index in [1.807, 2.05) is 12.1 Å². The molecule has 112 valence electrons. The van der Waals surface area contributed by atoms with Gasteiger partial charge in [0.25, 0.3) is 5.91 Å². The zero-order valence-electron chi connectivity index (χ0n) is 11.7. The molecule has 2 aromatic heterocycles. The van der Waals surface area contributed by atoms with Gasteiger partial charge in [0.15, 0.2) is 0 Å². The Labute approximate surface area is 132 Å². The highest BCUT2D eigenvalue weighted by molar-refractivity contribution is 6.30. The summed E-state index contributed by atoms with van der Waals surface area (Å²) in [5.41, 5.74) is 0.572. The second-order valence-electron chi connectivity index (χ2n) is 4.83. The van der Waals surface area contributed by atoms with E-state index in [0.717, 1.165) is 0 Å². The van der Waals surface area contributed by atoms with E-state index in [-0.39, 0.29) is 5.91 Å². The van der Waals surface area contributed by atoms with E-state index in [2.05, 4.69) is 0 Å². The normalized spacial score (nSPS) is 10.6. The molecule has 0 unspecified atom stereocenters. The summed E-state index contributed by atoms with van der Waals surface area (Å²) in [5, 5.41) is 0.597. The Morgan fingerprint density at radius 3 is 1.91 bits per heavy atom. The summed E-state index contributed by atoms with van der Waals surface area (Å²) in [7, 11) is 0. The van der Waals surface area contributed by atoms with Gasteiger partial charge in [0.2, 0.25) is 0 Å². The van der Waals surface area contributed by atoms with Gasteiger partial charge in [-0.2, -0.15) is 0 Å². The molecule has 0 aliphatic carbocycles. The van der Waals surface area contributed by atoms with E-state index < -0.39 is 0 Å². The molecule has 3 aromatic rings. The van der Waals surface area contributed by atoms with E-state index in [9.17, 15) is 4.79 Å². The maximum atomic E-state index is 12.7. The fraction of sp³-hybridized carbons (Fsp3) is 0.118. The van der Waals surface area contributed by atoms with Crippen LogP contribution in [0, 0.1) is 0 Å². The molecule has 0 aliphatic heterocycles. The Kier molecular flexibility index (Phi) is 4.30. The average molecular weight is 316 g/mol. The Hall–Kier alpha value is -2.46. The highest BCUT2D eigenvalue weighted by atomic mass is 35.5. The van der Waals surface area contributed by atoms with Crippen molar-refractivity contribution in [3.05, 3.63) is 83.2 Å². The molecule has 1 amide bonds. The highest BCUT2D eigenvalue weighted by Crippen LogP contribution is 2.16. The van der Waals surface area contributed by atoms with Gasteiger partial charge in [0.1, 0.15) is 11.5 Å². The Balaban J connectivity index is 1.83. The summed E-state index contributed by atoms with van der Waals surface area (Å²) in [4.78, 5) is 14.4. The first kappa shape index (κ1) is 14.5. The Bertz CT molecular complexity index is 682. The lowest BCUT2D eigenvalue weighted by Gasteiger charge is -2.20.